The lowest BCUT2D eigenvalue weighted by molar-refractivity contribution is -0.187. The number of ketones is 2. The first-order valence-electron chi connectivity index (χ1n) is 15.3. The van der Waals surface area contributed by atoms with Crippen molar-refractivity contribution in [2.45, 2.75) is 50.9 Å². The van der Waals surface area contributed by atoms with E-state index in [1.54, 1.807) is 13.1 Å². The smallest absolute Gasteiger partial charge is 0.348 e. The number of carboxylic acids is 2. The Kier molecular flexibility index (Phi) is 12.8. The molecule has 1 heterocycles. The molecule has 1 aromatic heterocycles. The number of carbonyl (C=O) groups excluding carboxylic acids is 3. The minimum atomic E-state index is -3.95. The van der Waals surface area contributed by atoms with Crippen molar-refractivity contribution < 1.29 is 44.4 Å². The van der Waals surface area contributed by atoms with Crippen LogP contribution in [0.5, 0.6) is 0 Å². The number of nitrogens with zero attached hydrogens (tertiary/aromatic N) is 2. The maximum Gasteiger partial charge on any atom is 0.348 e. The number of Topliss-reactive ketones (excluding diaryl/α,β-unsaturated/α-hetero) is 2. The molecule has 0 aliphatic rings. The SMILES string of the molecule is Cc1cccc(C)c1N(CCCc1cccnc1)C(=O)[C@@H](C)N.O=C(O)[C@](O)(C(=O)c1ccccc1)[C@](O)(C(=O)O)C(=O)c1ccccc1. The number of hydrogen-bond donors (Lipinski definition) is 5. The number of carbonyl (C=O) groups is 5. The molecule has 1 amide bonds. The molecular weight excluding hydrogens is 630 g/mol. The molecule has 0 spiro atoms. The molecule has 4 rings (SSSR count). The second kappa shape index (κ2) is 16.5. The highest BCUT2D eigenvalue weighted by Crippen LogP contribution is 2.32. The van der Waals surface area contributed by atoms with E-state index in [4.69, 9.17) is 5.73 Å². The van der Waals surface area contributed by atoms with Crippen LogP contribution in [-0.4, -0.2) is 78.6 Å². The molecule has 12 heteroatoms. The van der Waals surface area contributed by atoms with Gasteiger partial charge in [-0.1, -0.05) is 84.9 Å². The summed E-state index contributed by atoms with van der Waals surface area (Å²) in [7, 11) is 0. The minimum absolute atomic E-state index is 0.0337. The normalized spacial score (nSPS) is 13.8. The average molecular weight is 670 g/mol. The summed E-state index contributed by atoms with van der Waals surface area (Å²) in [5, 5.41) is 39.9. The Morgan fingerprint density at radius 3 is 1.59 bits per heavy atom. The van der Waals surface area contributed by atoms with Crippen molar-refractivity contribution in [2.75, 3.05) is 11.4 Å². The van der Waals surface area contributed by atoms with E-state index < -0.39 is 51.9 Å². The van der Waals surface area contributed by atoms with Gasteiger partial charge in [-0.25, -0.2) is 9.59 Å². The van der Waals surface area contributed by atoms with Gasteiger partial charge in [0, 0.05) is 35.8 Å². The lowest BCUT2D eigenvalue weighted by Gasteiger charge is -2.34. The van der Waals surface area contributed by atoms with Crippen LogP contribution in [0.3, 0.4) is 0 Å². The fourth-order valence-electron chi connectivity index (χ4n) is 5.23. The lowest BCUT2D eigenvalue weighted by Crippen LogP contribution is -2.71. The van der Waals surface area contributed by atoms with E-state index in [0.717, 1.165) is 53.9 Å². The van der Waals surface area contributed by atoms with Crippen LogP contribution in [0.15, 0.2) is 103 Å². The molecule has 6 N–H and O–H groups in total. The van der Waals surface area contributed by atoms with Crippen LogP contribution in [-0.2, 0) is 20.8 Å². The van der Waals surface area contributed by atoms with Gasteiger partial charge in [0.05, 0.1) is 6.04 Å². The van der Waals surface area contributed by atoms with E-state index in [-0.39, 0.29) is 5.91 Å². The predicted molar refractivity (Wildman–Crippen MR) is 181 cm³/mol. The van der Waals surface area contributed by atoms with E-state index >= 15 is 0 Å². The molecule has 0 fully saturated rings. The molecule has 0 saturated heterocycles. The van der Waals surface area contributed by atoms with Crippen molar-refractivity contribution in [1.29, 1.82) is 0 Å². The number of nitrogens with two attached hydrogens (primary N) is 1. The van der Waals surface area contributed by atoms with Gasteiger partial charge >= 0.3 is 11.9 Å². The molecule has 0 saturated carbocycles. The van der Waals surface area contributed by atoms with E-state index in [1.807, 2.05) is 49.2 Å². The molecule has 0 aliphatic heterocycles. The number of hydrogen-bond acceptors (Lipinski definition) is 9. The Morgan fingerprint density at radius 1 is 0.735 bits per heavy atom. The Bertz CT molecular complexity index is 1690. The maximum atomic E-state index is 12.6. The van der Waals surface area contributed by atoms with E-state index in [0.29, 0.717) is 6.54 Å². The van der Waals surface area contributed by atoms with Crippen LogP contribution in [0.1, 0.15) is 50.8 Å². The Labute approximate surface area is 283 Å². The highest BCUT2D eigenvalue weighted by Gasteiger charge is 2.69. The molecule has 4 aromatic rings. The third-order valence-corrected chi connectivity index (χ3v) is 7.81. The van der Waals surface area contributed by atoms with Gasteiger partial charge in [0.15, 0.2) is 0 Å². The van der Waals surface area contributed by atoms with E-state index in [2.05, 4.69) is 11.1 Å². The van der Waals surface area contributed by atoms with Gasteiger partial charge in [-0.15, -0.1) is 0 Å². The summed E-state index contributed by atoms with van der Waals surface area (Å²) in [5.74, 6) is -8.06. The number of carboxylic acid groups (broad SMARTS) is 2. The second-order valence-electron chi connectivity index (χ2n) is 11.4. The number of amides is 1. The van der Waals surface area contributed by atoms with Crippen molar-refractivity contribution in [3.63, 3.8) is 0 Å². The third-order valence-electron chi connectivity index (χ3n) is 7.81. The number of aryl methyl sites for hydroxylation is 3. The Balaban J connectivity index is 0.000000267. The van der Waals surface area contributed by atoms with Crippen molar-refractivity contribution in [3.8, 4) is 0 Å². The summed E-state index contributed by atoms with van der Waals surface area (Å²) < 4.78 is 0. The zero-order chi connectivity index (χ0) is 36.4. The van der Waals surface area contributed by atoms with Crippen LogP contribution < -0.4 is 10.6 Å². The fourth-order valence-corrected chi connectivity index (χ4v) is 5.23. The quantitative estimate of drug-likeness (QED) is 0.103. The zero-order valence-corrected chi connectivity index (χ0v) is 27.3. The number of benzene rings is 3. The molecule has 3 aromatic carbocycles. The minimum Gasteiger partial charge on any atom is -0.479 e. The monoisotopic (exact) mass is 669 g/mol. The van der Waals surface area contributed by atoms with Crippen LogP contribution in [0.2, 0.25) is 0 Å². The summed E-state index contributed by atoms with van der Waals surface area (Å²) in [6, 6.07) is 22.4. The van der Waals surface area contributed by atoms with Crippen LogP contribution in [0.25, 0.3) is 0 Å². The molecule has 256 valence electrons. The summed E-state index contributed by atoms with van der Waals surface area (Å²) in [6.07, 6.45) is 5.41. The van der Waals surface area contributed by atoms with E-state index in [9.17, 15) is 44.4 Å². The lowest BCUT2D eigenvalue weighted by atomic mass is 9.73. The molecular formula is C37H39N3O9. The topological polar surface area (TPSA) is 208 Å². The highest BCUT2D eigenvalue weighted by atomic mass is 16.5. The summed E-state index contributed by atoms with van der Waals surface area (Å²) in [4.78, 5) is 67.1. The second-order valence-corrected chi connectivity index (χ2v) is 11.4. The molecule has 0 aliphatic carbocycles. The largest absolute Gasteiger partial charge is 0.479 e. The average Bonchev–Trinajstić information content (AvgIpc) is 3.10. The van der Waals surface area contributed by atoms with Gasteiger partial charge in [0.1, 0.15) is 0 Å². The molecule has 0 unspecified atom stereocenters. The van der Waals surface area contributed by atoms with Gasteiger partial charge in [-0.05, 0) is 56.4 Å². The maximum absolute atomic E-state index is 12.6. The van der Waals surface area contributed by atoms with Gasteiger partial charge < -0.3 is 31.1 Å². The van der Waals surface area contributed by atoms with Gasteiger partial charge in [-0.2, -0.15) is 0 Å². The number of anilines is 1. The number of aromatic nitrogens is 1. The molecule has 49 heavy (non-hydrogen) atoms. The number of pyridine rings is 1. The standard InChI is InChI=1S/C19H25N3O.C18H14O8/c1-14-7-4-8-15(2)18(14)22(19(23)16(3)20)12-6-10-17-9-5-11-21-13-17;19-13(11-7-3-1-4-8-11)17(25,15(21)22)18(26,16(23)24)14(20)12-9-5-2-6-10-12/h4-5,7-9,11,13,16H,6,10,12,20H2,1-3H3;1-10,25-26H,(H,21,22)(H,23,24)/t16-;17-,18-/m11/s1. The molecule has 0 bridgehead atoms. The summed E-state index contributed by atoms with van der Waals surface area (Å²) in [5.41, 5.74) is 1.54. The van der Waals surface area contributed by atoms with Crippen LogP contribution in [0, 0.1) is 13.8 Å². The van der Waals surface area contributed by atoms with E-state index in [1.165, 1.54) is 42.0 Å². The van der Waals surface area contributed by atoms with Crippen LogP contribution >= 0.6 is 0 Å². The van der Waals surface area contributed by atoms with Gasteiger partial charge in [0.2, 0.25) is 17.5 Å². The number of aliphatic carboxylic acids is 2. The predicted octanol–water partition coefficient (Wildman–Crippen LogP) is 3.40. The summed E-state index contributed by atoms with van der Waals surface area (Å²) >= 11 is 0. The fraction of sp³-hybridized carbons (Fsp3) is 0.243. The molecule has 3 atom stereocenters. The first-order valence-corrected chi connectivity index (χ1v) is 15.3. The number of rotatable bonds is 13. The summed E-state index contributed by atoms with van der Waals surface area (Å²) in [6.45, 7) is 6.46. The zero-order valence-electron chi connectivity index (χ0n) is 27.3. The van der Waals surface area contributed by atoms with Crippen molar-refractivity contribution >= 4 is 35.1 Å². The Hall–Kier alpha value is -5.56. The first kappa shape index (κ1) is 37.9. The van der Waals surface area contributed by atoms with Gasteiger partial charge in [-0.3, -0.25) is 19.4 Å². The van der Waals surface area contributed by atoms with Crippen LogP contribution in [0.4, 0.5) is 5.69 Å². The molecule has 12 nitrogen and oxygen atoms in total. The number of aliphatic hydroxyl groups is 2. The molecule has 0 radical (unpaired) electrons. The first-order chi connectivity index (χ1) is 23.2. The Morgan fingerprint density at radius 2 is 1.20 bits per heavy atom. The van der Waals surface area contributed by atoms with Gasteiger partial charge in [0.25, 0.3) is 11.2 Å². The van der Waals surface area contributed by atoms with Crippen molar-refractivity contribution in [3.05, 3.63) is 131 Å². The van der Waals surface area contributed by atoms with Crippen molar-refractivity contribution in [1.82, 2.24) is 4.98 Å². The number of para-hydroxylation sites is 1. The highest BCUT2D eigenvalue weighted by molar-refractivity contribution is 6.28. The third kappa shape index (κ3) is 8.30. The van der Waals surface area contributed by atoms with Crippen molar-refractivity contribution in [2.24, 2.45) is 5.73 Å².